The molecule has 0 spiro atoms. The Kier molecular flexibility index (Phi) is 5.52. The van der Waals surface area contributed by atoms with E-state index in [0.29, 0.717) is 26.5 Å². The number of pyridine rings is 1. The number of halogens is 1. The van der Waals surface area contributed by atoms with Crippen LogP contribution in [0.15, 0.2) is 48.7 Å². The van der Waals surface area contributed by atoms with Gasteiger partial charge in [-0.2, -0.15) is 0 Å². The lowest BCUT2D eigenvalue weighted by molar-refractivity contribution is 0.102. The Morgan fingerprint density at radius 1 is 1.25 bits per heavy atom. The van der Waals surface area contributed by atoms with Crippen molar-refractivity contribution < 1.29 is 4.79 Å². The molecule has 1 aromatic carbocycles. The first kappa shape index (κ1) is 15.0. The zero-order chi connectivity index (χ0) is 14.4. The van der Waals surface area contributed by atoms with E-state index in [1.54, 1.807) is 24.3 Å². The highest BCUT2D eigenvalue weighted by Crippen LogP contribution is 2.14. The highest BCUT2D eigenvalue weighted by atomic mass is 35.5. The Bertz CT molecular complexity index is 602. The highest BCUT2D eigenvalue weighted by molar-refractivity contribution is 8.23. The van der Waals surface area contributed by atoms with Crippen LogP contribution in [0.3, 0.4) is 0 Å². The number of anilines is 1. The van der Waals surface area contributed by atoms with Gasteiger partial charge in [0.15, 0.2) is 5.78 Å². The third-order valence-electron chi connectivity index (χ3n) is 2.39. The molecule has 2 rings (SSSR count). The first-order chi connectivity index (χ1) is 9.65. The van der Waals surface area contributed by atoms with Crippen LogP contribution in [0.25, 0.3) is 0 Å². The van der Waals surface area contributed by atoms with Crippen molar-refractivity contribution in [3.05, 3.63) is 59.2 Å². The number of carbonyl (C=O) groups is 1. The van der Waals surface area contributed by atoms with Gasteiger partial charge in [-0.05, 0) is 12.1 Å². The van der Waals surface area contributed by atoms with Crippen LogP contribution >= 0.6 is 35.6 Å². The van der Waals surface area contributed by atoms with Crippen molar-refractivity contribution in [2.75, 3.05) is 11.1 Å². The maximum atomic E-state index is 11.9. The third-order valence-corrected chi connectivity index (χ3v) is 3.84. The zero-order valence-electron chi connectivity index (χ0n) is 10.4. The van der Waals surface area contributed by atoms with Gasteiger partial charge in [-0.15, -0.1) is 0 Å². The van der Waals surface area contributed by atoms with E-state index in [9.17, 15) is 4.79 Å². The van der Waals surface area contributed by atoms with Crippen LogP contribution in [0.1, 0.15) is 10.4 Å². The zero-order valence-corrected chi connectivity index (χ0v) is 12.8. The molecule has 0 bridgehead atoms. The van der Waals surface area contributed by atoms with Crippen LogP contribution in [-0.4, -0.2) is 20.8 Å². The average Bonchev–Trinajstić information content (AvgIpc) is 2.48. The van der Waals surface area contributed by atoms with E-state index in [2.05, 4.69) is 10.3 Å². The first-order valence-corrected chi connectivity index (χ1v) is 7.56. The largest absolute Gasteiger partial charge is 0.326 e. The van der Waals surface area contributed by atoms with Gasteiger partial charge in [0.25, 0.3) is 0 Å². The van der Waals surface area contributed by atoms with Gasteiger partial charge in [-0.25, -0.2) is 4.98 Å². The Balaban J connectivity index is 1.83. The van der Waals surface area contributed by atoms with Gasteiger partial charge in [-0.3, -0.25) is 4.79 Å². The van der Waals surface area contributed by atoms with E-state index >= 15 is 0 Å². The summed E-state index contributed by atoms with van der Waals surface area (Å²) < 4.78 is 0.504. The summed E-state index contributed by atoms with van der Waals surface area (Å²) in [5, 5.41) is 3.51. The van der Waals surface area contributed by atoms with Gasteiger partial charge in [0, 0.05) is 11.8 Å². The fraction of sp³-hybridized carbons (Fsp3) is 0.0714. The van der Waals surface area contributed by atoms with Crippen LogP contribution in [-0.2, 0) is 0 Å². The monoisotopic (exact) mass is 322 g/mol. The number of ketones is 1. The molecule has 2 aromatic rings. The molecule has 3 nitrogen and oxygen atoms in total. The summed E-state index contributed by atoms with van der Waals surface area (Å²) >= 11 is 12.2. The average molecular weight is 323 g/mol. The van der Waals surface area contributed by atoms with E-state index in [4.69, 9.17) is 23.8 Å². The standard InChI is InChI=1S/C14H11ClN2OS2/c15-11-6-7-13(16-8-11)17-14(19)20-9-12(18)10-4-2-1-3-5-10/h1-8H,9H2,(H,16,17,19). The number of thiocarbonyl (C=S) groups is 1. The van der Waals surface area contributed by atoms with Gasteiger partial charge in [0.05, 0.1) is 10.8 Å². The number of nitrogens with zero attached hydrogens (tertiary/aromatic N) is 1. The number of carbonyl (C=O) groups excluding carboxylic acids is 1. The highest BCUT2D eigenvalue weighted by Gasteiger charge is 2.07. The molecule has 1 heterocycles. The molecule has 20 heavy (non-hydrogen) atoms. The molecule has 0 saturated carbocycles. The molecule has 0 aliphatic rings. The lowest BCUT2D eigenvalue weighted by atomic mass is 10.2. The Morgan fingerprint density at radius 3 is 2.65 bits per heavy atom. The SMILES string of the molecule is O=C(CSC(=S)Nc1ccc(Cl)cn1)c1ccccc1. The summed E-state index contributed by atoms with van der Waals surface area (Å²) in [4.78, 5) is 16.0. The van der Waals surface area contributed by atoms with Crippen molar-refractivity contribution in [3.8, 4) is 0 Å². The topological polar surface area (TPSA) is 42.0 Å². The number of hydrogen-bond donors (Lipinski definition) is 1. The second kappa shape index (κ2) is 7.38. The molecule has 102 valence electrons. The lowest BCUT2D eigenvalue weighted by Gasteiger charge is -2.06. The number of aromatic nitrogens is 1. The summed E-state index contributed by atoms with van der Waals surface area (Å²) in [6.45, 7) is 0. The number of thioether (sulfide) groups is 1. The van der Waals surface area contributed by atoms with Crippen LogP contribution in [0.2, 0.25) is 5.02 Å². The van der Waals surface area contributed by atoms with E-state index in [-0.39, 0.29) is 5.78 Å². The molecule has 0 atom stereocenters. The lowest BCUT2D eigenvalue weighted by Crippen LogP contribution is -2.10. The van der Waals surface area contributed by atoms with Crippen molar-refractivity contribution in [3.63, 3.8) is 0 Å². The molecular weight excluding hydrogens is 312 g/mol. The third kappa shape index (κ3) is 4.59. The van der Waals surface area contributed by atoms with Gasteiger partial charge in [0.1, 0.15) is 10.1 Å². The van der Waals surface area contributed by atoms with E-state index in [1.807, 2.05) is 18.2 Å². The number of Topliss-reactive ketones (excluding diaryl/α,β-unsaturated/α-hetero) is 1. The van der Waals surface area contributed by atoms with Gasteiger partial charge >= 0.3 is 0 Å². The fourth-order valence-corrected chi connectivity index (χ4v) is 2.43. The molecule has 0 saturated heterocycles. The summed E-state index contributed by atoms with van der Waals surface area (Å²) in [7, 11) is 0. The molecule has 0 fully saturated rings. The fourth-order valence-electron chi connectivity index (χ4n) is 1.43. The molecule has 1 N–H and O–H groups in total. The summed E-state index contributed by atoms with van der Waals surface area (Å²) in [6, 6.07) is 12.6. The predicted octanol–water partition coefficient (Wildman–Crippen LogP) is 4.05. The minimum atomic E-state index is 0.0452. The molecule has 0 aliphatic heterocycles. The van der Waals surface area contributed by atoms with E-state index in [1.165, 1.54) is 18.0 Å². The van der Waals surface area contributed by atoms with E-state index in [0.717, 1.165) is 0 Å². The van der Waals surface area contributed by atoms with Crippen LogP contribution in [0, 0.1) is 0 Å². The number of rotatable bonds is 4. The molecule has 0 aliphatic carbocycles. The molecular formula is C14H11ClN2OS2. The maximum absolute atomic E-state index is 11.9. The molecule has 0 unspecified atom stereocenters. The maximum Gasteiger partial charge on any atom is 0.173 e. The van der Waals surface area contributed by atoms with Gasteiger partial charge in [0.2, 0.25) is 0 Å². The second-order valence-corrected chi connectivity index (χ2v) is 5.94. The van der Waals surface area contributed by atoms with Gasteiger partial charge in [-0.1, -0.05) is 65.9 Å². The summed E-state index contributed by atoms with van der Waals surface area (Å²) in [5.41, 5.74) is 0.687. The van der Waals surface area contributed by atoms with Gasteiger partial charge < -0.3 is 5.32 Å². The number of benzene rings is 1. The van der Waals surface area contributed by atoms with Crippen LogP contribution < -0.4 is 5.32 Å². The van der Waals surface area contributed by atoms with Crippen molar-refractivity contribution >= 4 is 51.5 Å². The minimum Gasteiger partial charge on any atom is -0.326 e. The Labute approximate surface area is 131 Å². The Morgan fingerprint density at radius 2 is 2.00 bits per heavy atom. The van der Waals surface area contributed by atoms with Crippen LogP contribution in [0.5, 0.6) is 0 Å². The minimum absolute atomic E-state index is 0.0452. The summed E-state index contributed by atoms with van der Waals surface area (Å²) in [6.07, 6.45) is 1.53. The predicted molar refractivity (Wildman–Crippen MR) is 88.7 cm³/mol. The quantitative estimate of drug-likeness (QED) is 0.679. The van der Waals surface area contributed by atoms with Crippen molar-refractivity contribution in [2.24, 2.45) is 0 Å². The van der Waals surface area contributed by atoms with Crippen molar-refractivity contribution in [1.29, 1.82) is 0 Å². The Hall–Kier alpha value is -1.43. The van der Waals surface area contributed by atoms with E-state index < -0.39 is 0 Å². The first-order valence-electron chi connectivity index (χ1n) is 5.79. The molecule has 6 heteroatoms. The molecule has 1 aromatic heterocycles. The van der Waals surface area contributed by atoms with Crippen molar-refractivity contribution in [1.82, 2.24) is 4.98 Å². The number of nitrogens with one attached hydrogen (secondary N) is 1. The normalized spacial score (nSPS) is 10.1. The van der Waals surface area contributed by atoms with Crippen LogP contribution in [0.4, 0.5) is 5.82 Å². The summed E-state index contributed by atoms with van der Waals surface area (Å²) in [5.74, 6) is 0.951. The second-order valence-electron chi connectivity index (χ2n) is 3.85. The van der Waals surface area contributed by atoms with Crippen molar-refractivity contribution in [2.45, 2.75) is 0 Å². The smallest absolute Gasteiger partial charge is 0.173 e. The molecule has 0 amide bonds. The molecule has 0 radical (unpaired) electrons. The number of hydrogen-bond acceptors (Lipinski definition) is 4.